The number of hydrogen-bond acceptors (Lipinski definition) is 3. The van der Waals surface area contributed by atoms with E-state index >= 15 is 0 Å². The monoisotopic (exact) mass is 434 g/mol. The number of carbonyl (C=O) groups excluding carboxylic acids is 1. The molecule has 2 aromatic carbocycles. The Morgan fingerprint density at radius 3 is 2.27 bits per heavy atom. The van der Waals surface area contributed by atoms with Gasteiger partial charge in [-0.3, -0.25) is 9.10 Å². The molecular weight excluding hydrogens is 419 g/mol. The largest absolute Gasteiger partial charge is 0.323 e. The highest BCUT2D eigenvalue weighted by Crippen LogP contribution is 2.30. The van der Waals surface area contributed by atoms with Crippen LogP contribution in [0.4, 0.5) is 11.4 Å². The van der Waals surface area contributed by atoms with Crippen LogP contribution in [0.2, 0.25) is 15.1 Å². The molecule has 0 heterocycles. The van der Waals surface area contributed by atoms with Crippen LogP contribution in [0.1, 0.15) is 12.5 Å². The van der Waals surface area contributed by atoms with Gasteiger partial charge in [0.2, 0.25) is 15.9 Å². The Bertz CT molecular complexity index is 948. The minimum absolute atomic E-state index is 0.291. The Hall–Kier alpha value is -1.47. The quantitative estimate of drug-likeness (QED) is 0.737. The van der Waals surface area contributed by atoms with Gasteiger partial charge in [-0.25, -0.2) is 8.42 Å². The molecule has 5 nitrogen and oxygen atoms in total. The summed E-state index contributed by atoms with van der Waals surface area (Å²) >= 11 is 18.0. The van der Waals surface area contributed by atoms with Crippen LogP contribution in [-0.2, 0) is 14.8 Å². The second kappa shape index (κ2) is 8.05. The van der Waals surface area contributed by atoms with Gasteiger partial charge in [0.15, 0.2) is 0 Å². The Labute approximate surface area is 167 Å². The van der Waals surface area contributed by atoms with E-state index < -0.39 is 22.0 Å². The molecule has 0 aliphatic carbocycles. The minimum Gasteiger partial charge on any atom is -0.323 e. The van der Waals surface area contributed by atoms with E-state index in [1.165, 1.54) is 19.1 Å². The van der Waals surface area contributed by atoms with Gasteiger partial charge in [-0.1, -0.05) is 40.9 Å². The molecule has 0 bridgehead atoms. The van der Waals surface area contributed by atoms with Gasteiger partial charge in [0.25, 0.3) is 0 Å². The van der Waals surface area contributed by atoms with Gasteiger partial charge < -0.3 is 5.32 Å². The Morgan fingerprint density at radius 1 is 1.08 bits per heavy atom. The maximum absolute atomic E-state index is 12.7. The lowest BCUT2D eigenvalue weighted by atomic mass is 10.1. The zero-order valence-electron chi connectivity index (χ0n) is 14.3. The molecule has 0 fully saturated rings. The summed E-state index contributed by atoms with van der Waals surface area (Å²) in [5.41, 5.74) is 1.30. The Morgan fingerprint density at radius 2 is 1.65 bits per heavy atom. The van der Waals surface area contributed by atoms with Gasteiger partial charge in [0.1, 0.15) is 6.04 Å². The molecule has 0 radical (unpaired) electrons. The highest BCUT2D eigenvalue weighted by atomic mass is 35.5. The summed E-state index contributed by atoms with van der Waals surface area (Å²) in [6.45, 7) is 3.22. The van der Waals surface area contributed by atoms with Crippen LogP contribution in [0, 0.1) is 6.92 Å². The van der Waals surface area contributed by atoms with Gasteiger partial charge >= 0.3 is 0 Å². The second-order valence-corrected chi connectivity index (χ2v) is 8.92. The molecule has 0 aromatic heterocycles. The number of carbonyl (C=O) groups is 1. The normalized spacial score (nSPS) is 12.5. The smallest absolute Gasteiger partial charge is 0.248 e. The van der Waals surface area contributed by atoms with Crippen molar-refractivity contribution in [2.24, 2.45) is 0 Å². The van der Waals surface area contributed by atoms with Crippen molar-refractivity contribution in [3.8, 4) is 0 Å². The highest BCUT2D eigenvalue weighted by molar-refractivity contribution is 7.92. The summed E-state index contributed by atoms with van der Waals surface area (Å²) in [6, 6.07) is 8.42. The zero-order chi connectivity index (χ0) is 19.6. The van der Waals surface area contributed by atoms with E-state index in [-0.39, 0.29) is 0 Å². The van der Waals surface area contributed by atoms with Crippen LogP contribution >= 0.6 is 34.8 Å². The number of nitrogens with one attached hydrogen (secondary N) is 1. The molecule has 26 heavy (non-hydrogen) atoms. The van der Waals surface area contributed by atoms with E-state index in [9.17, 15) is 13.2 Å². The summed E-state index contributed by atoms with van der Waals surface area (Å²) in [5.74, 6) is -0.557. The number of benzene rings is 2. The van der Waals surface area contributed by atoms with E-state index in [1.54, 1.807) is 31.2 Å². The molecule has 0 aliphatic rings. The van der Waals surface area contributed by atoms with Crippen molar-refractivity contribution in [1.29, 1.82) is 0 Å². The maximum atomic E-state index is 12.7. The van der Waals surface area contributed by atoms with Crippen molar-refractivity contribution in [2.45, 2.75) is 19.9 Å². The fourth-order valence-electron chi connectivity index (χ4n) is 2.43. The fourth-order valence-corrected chi connectivity index (χ4v) is 4.16. The molecule has 1 atom stereocenters. The molecule has 0 saturated heterocycles. The number of amides is 1. The number of rotatable bonds is 5. The van der Waals surface area contributed by atoms with E-state index in [2.05, 4.69) is 5.32 Å². The minimum atomic E-state index is -3.76. The second-order valence-electron chi connectivity index (χ2n) is 5.78. The molecule has 2 aromatic rings. The van der Waals surface area contributed by atoms with E-state index in [1.807, 2.05) is 0 Å². The number of hydrogen-bond donors (Lipinski definition) is 1. The highest BCUT2D eigenvalue weighted by Gasteiger charge is 2.30. The summed E-state index contributed by atoms with van der Waals surface area (Å²) in [5, 5.41) is 3.66. The lowest BCUT2D eigenvalue weighted by molar-refractivity contribution is -0.116. The third-order valence-electron chi connectivity index (χ3n) is 3.68. The van der Waals surface area contributed by atoms with Crippen molar-refractivity contribution in [2.75, 3.05) is 15.9 Å². The van der Waals surface area contributed by atoms with Gasteiger partial charge in [-0.2, -0.15) is 0 Å². The molecule has 0 spiro atoms. The molecule has 1 N–H and O–H groups in total. The van der Waals surface area contributed by atoms with Crippen molar-refractivity contribution in [3.63, 3.8) is 0 Å². The third kappa shape index (κ3) is 4.82. The van der Waals surface area contributed by atoms with Gasteiger partial charge in [0.05, 0.1) is 22.7 Å². The lowest BCUT2D eigenvalue weighted by Gasteiger charge is -2.29. The average Bonchev–Trinajstić information content (AvgIpc) is 2.53. The molecule has 0 aliphatic heterocycles. The summed E-state index contributed by atoms with van der Waals surface area (Å²) in [4.78, 5) is 12.7. The third-order valence-corrected chi connectivity index (χ3v) is 5.71. The first-order valence-electron chi connectivity index (χ1n) is 7.52. The van der Waals surface area contributed by atoms with Crippen molar-refractivity contribution >= 4 is 62.1 Å². The number of nitrogens with zero attached hydrogens (tertiary/aromatic N) is 1. The predicted octanol–water partition coefficient (Wildman–Crippen LogP) is 4.75. The predicted molar refractivity (Wildman–Crippen MR) is 108 cm³/mol. The van der Waals surface area contributed by atoms with Crippen LogP contribution < -0.4 is 9.62 Å². The molecule has 140 valence electrons. The van der Waals surface area contributed by atoms with Crippen LogP contribution in [0.3, 0.4) is 0 Å². The van der Waals surface area contributed by atoms with Crippen molar-refractivity contribution < 1.29 is 13.2 Å². The van der Waals surface area contributed by atoms with Gasteiger partial charge in [-0.05, 0) is 49.7 Å². The lowest BCUT2D eigenvalue weighted by Crippen LogP contribution is -2.45. The van der Waals surface area contributed by atoms with Gasteiger partial charge in [0, 0.05) is 10.0 Å². The van der Waals surface area contributed by atoms with Crippen LogP contribution in [0.25, 0.3) is 0 Å². The summed E-state index contributed by atoms with van der Waals surface area (Å²) in [6.07, 6.45) is 1.03. The van der Waals surface area contributed by atoms with E-state index in [4.69, 9.17) is 34.8 Å². The number of anilines is 2. The number of aryl methyl sites for hydroxylation is 1. The standard InChI is InChI=1S/C17H17Cl3N2O3S/c1-10-4-5-13(19)9-16(10)22(26(3,24)25)11(2)17(23)21-15-8-12(18)6-7-14(15)20/h4-9,11H,1-3H3,(H,21,23)/t11-/m0/s1. The molecule has 2 rings (SSSR count). The molecule has 1 amide bonds. The number of sulfonamides is 1. The van der Waals surface area contributed by atoms with Crippen LogP contribution in [0.15, 0.2) is 36.4 Å². The van der Waals surface area contributed by atoms with Crippen LogP contribution in [-0.4, -0.2) is 26.6 Å². The Kier molecular flexibility index (Phi) is 6.45. The molecular formula is C17H17Cl3N2O3S. The number of halogens is 3. The first-order chi connectivity index (χ1) is 12.0. The Balaban J connectivity index is 2.41. The fraction of sp³-hybridized carbons (Fsp3) is 0.235. The maximum Gasteiger partial charge on any atom is 0.248 e. The first-order valence-corrected chi connectivity index (χ1v) is 10.5. The molecule has 9 heteroatoms. The summed E-state index contributed by atoms with van der Waals surface area (Å²) in [7, 11) is -3.76. The SMILES string of the molecule is Cc1ccc(Cl)cc1N([C@@H](C)C(=O)Nc1cc(Cl)ccc1Cl)S(C)(=O)=O. The first kappa shape index (κ1) is 20.8. The van der Waals surface area contributed by atoms with Crippen molar-refractivity contribution in [3.05, 3.63) is 57.0 Å². The van der Waals surface area contributed by atoms with Crippen LogP contribution in [0.5, 0.6) is 0 Å². The molecule has 0 unspecified atom stereocenters. The molecule has 0 saturated carbocycles. The van der Waals surface area contributed by atoms with E-state index in [0.29, 0.717) is 32.0 Å². The topological polar surface area (TPSA) is 66.5 Å². The van der Waals surface area contributed by atoms with Crippen molar-refractivity contribution in [1.82, 2.24) is 0 Å². The average molecular weight is 436 g/mol. The van der Waals surface area contributed by atoms with E-state index in [0.717, 1.165) is 10.6 Å². The zero-order valence-corrected chi connectivity index (χ0v) is 17.3. The van der Waals surface area contributed by atoms with Gasteiger partial charge in [-0.15, -0.1) is 0 Å². The summed E-state index contributed by atoms with van der Waals surface area (Å²) < 4.78 is 25.8.